The molecule has 0 bridgehead atoms. The quantitative estimate of drug-likeness (QED) is 0.753. The molecular weight excluding hydrogens is 274 g/mol. The highest BCUT2D eigenvalue weighted by Gasteiger charge is 2.27. The summed E-state index contributed by atoms with van der Waals surface area (Å²) in [5, 5.41) is 25.9. The summed E-state index contributed by atoms with van der Waals surface area (Å²) in [6.07, 6.45) is 4.46. The summed E-state index contributed by atoms with van der Waals surface area (Å²) in [5.74, 6) is 0.474. The van der Waals surface area contributed by atoms with E-state index in [1.165, 1.54) is 0 Å². The summed E-state index contributed by atoms with van der Waals surface area (Å²) in [4.78, 5) is 15.3. The first-order valence-electron chi connectivity index (χ1n) is 6.98. The predicted molar refractivity (Wildman–Crippen MR) is 73.6 cm³/mol. The molecule has 2 aromatic rings. The van der Waals surface area contributed by atoms with E-state index in [0.29, 0.717) is 24.0 Å². The number of carboxylic acid groups (broad SMARTS) is 1. The fourth-order valence-electron chi connectivity index (χ4n) is 2.66. The lowest BCUT2D eigenvalue weighted by molar-refractivity contribution is -0.137. The lowest BCUT2D eigenvalue weighted by Crippen LogP contribution is -2.31. The molecule has 2 unspecified atom stereocenters. The fraction of sp³-hybridized carbons (Fsp3) is 0.583. The fourth-order valence-corrected chi connectivity index (χ4v) is 2.66. The van der Waals surface area contributed by atoms with Crippen molar-refractivity contribution in [3.63, 3.8) is 0 Å². The first kappa shape index (κ1) is 13.5. The van der Waals surface area contributed by atoms with Crippen molar-refractivity contribution in [3.05, 3.63) is 6.20 Å². The molecule has 1 aliphatic heterocycles. The van der Waals surface area contributed by atoms with E-state index in [1.54, 1.807) is 0 Å². The predicted octanol–water partition coefficient (Wildman–Crippen LogP) is 1.06. The van der Waals surface area contributed by atoms with Gasteiger partial charge in [-0.15, -0.1) is 5.10 Å². The van der Waals surface area contributed by atoms with Crippen LogP contribution in [0.15, 0.2) is 6.20 Å². The van der Waals surface area contributed by atoms with Crippen LogP contribution in [0.1, 0.15) is 38.6 Å². The Balaban J connectivity index is 1.89. The minimum atomic E-state index is -0.775. The normalized spacial score (nSPS) is 20.8. The molecule has 2 aromatic heterocycles. The number of anilines is 1. The van der Waals surface area contributed by atoms with Gasteiger partial charge in [-0.2, -0.15) is 0 Å². The molecule has 21 heavy (non-hydrogen) atoms. The highest BCUT2D eigenvalue weighted by atomic mass is 16.4. The lowest BCUT2D eigenvalue weighted by Gasteiger charge is -2.31. The molecule has 0 saturated carbocycles. The Morgan fingerprint density at radius 2 is 2.43 bits per heavy atom. The number of nitrogens with zero attached hydrogens (tertiary/aromatic N) is 5. The van der Waals surface area contributed by atoms with Crippen LogP contribution in [0, 0.1) is 0 Å². The summed E-state index contributed by atoms with van der Waals surface area (Å²) >= 11 is 0. The number of aromatic nitrogens is 6. The Morgan fingerprint density at radius 1 is 1.57 bits per heavy atom. The maximum Gasteiger partial charge on any atom is 0.303 e. The minimum Gasteiger partial charge on any atom is -0.481 e. The number of nitrogens with one attached hydrogen (secondary N) is 2. The Labute approximate surface area is 120 Å². The number of rotatable bonds is 5. The second-order valence-corrected chi connectivity index (χ2v) is 5.18. The first-order chi connectivity index (χ1) is 10.2. The number of carbonyl (C=O) groups is 1. The van der Waals surface area contributed by atoms with Crippen molar-refractivity contribution in [2.45, 2.75) is 44.7 Å². The molecule has 112 valence electrons. The second kappa shape index (κ2) is 5.51. The number of imidazole rings is 1. The van der Waals surface area contributed by atoms with Gasteiger partial charge in [0, 0.05) is 24.7 Å². The summed E-state index contributed by atoms with van der Waals surface area (Å²) in [6.45, 7) is 2.10. The SMILES string of the molecule is CCC1CC(CCC(=O)O)n2cc(-c3nnn[nH]3)nc2N1. The van der Waals surface area contributed by atoms with Gasteiger partial charge in [0.25, 0.3) is 0 Å². The first-order valence-corrected chi connectivity index (χ1v) is 6.98. The largest absolute Gasteiger partial charge is 0.481 e. The van der Waals surface area contributed by atoms with Crippen LogP contribution >= 0.6 is 0 Å². The van der Waals surface area contributed by atoms with E-state index >= 15 is 0 Å². The van der Waals surface area contributed by atoms with Crippen LogP contribution in [0.5, 0.6) is 0 Å². The van der Waals surface area contributed by atoms with Gasteiger partial charge in [0.1, 0.15) is 5.69 Å². The van der Waals surface area contributed by atoms with Gasteiger partial charge in [-0.05, 0) is 29.7 Å². The van der Waals surface area contributed by atoms with Crippen molar-refractivity contribution in [2.75, 3.05) is 5.32 Å². The van der Waals surface area contributed by atoms with Gasteiger partial charge < -0.3 is 15.0 Å². The third kappa shape index (κ3) is 2.71. The van der Waals surface area contributed by atoms with E-state index in [1.807, 2.05) is 10.8 Å². The van der Waals surface area contributed by atoms with Crippen molar-refractivity contribution in [3.8, 4) is 11.5 Å². The van der Waals surface area contributed by atoms with Crippen LogP contribution in [0.25, 0.3) is 11.5 Å². The smallest absolute Gasteiger partial charge is 0.303 e. The van der Waals surface area contributed by atoms with Crippen LogP contribution in [-0.2, 0) is 4.79 Å². The maximum absolute atomic E-state index is 10.8. The summed E-state index contributed by atoms with van der Waals surface area (Å²) in [6, 6.07) is 0.429. The third-order valence-electron chi connectivity index (χ3n) is 3.79. The van der Waals surface area contributed by atoms with Crippen LogP contribution in [-0.4, -0.2) is 47.3 Å². The Kier molecular flexibility index (Phi) is 3.55. The molecule has 9 heteroatoms. The van der Waals surface area contributed by atoms with Gasteiger partial charge in [-0.1, -0.05) is 6.92 Å². The zero-order chi connectivity index (χ0) is 14.8. The number of fused-ring (bicyclic) bond motifs is 1. The van der Waals surface area contributed by atoms with Crippen molar-refractivity contribution in [2.24, 2.45) is 0 Å². The monoisotopic (exact) mass is 291 g/mol. The summed E-state index contributed by atoms with van der Waals surface area (Å²) in [7, 11) is 0. The molecule has 1 aliphatic rings. The Bertz CT molecular complexity index is 622. The minimum absolute atomic E-state index is 0.124. The van der Waals surface area contributed by atoms with Crippen molar-refractivity contribution in [1.82, 2.24) is 30.2 Å². The van der Waals surface area contributed by atoms with Gasteiger partial charge in [0.05, 0.1) is 0 Å². The number of carboxylic acids is 1. The van der Waals surface area contributed by atoms with E-state index in [4.69, 9.17) is 5.11 Å². The average molecular weight is 291 g/mol. The molecule has 0 radical (unpaired) electrons. The maximum atomic E-state index is 10.8. The van der Waals surface area contributed by atoms with E-state index in [2.05, 4.69) is 37.8 Å². The van der Waals surface area contributed by atoms with Crippen LogP contribution < -0.4 is 5.32 Å². The average Bonchev–Trinajstić information content (AvgIpc) is 3.12. The number of aromatic amines is 1. The molecule has 0 spiro atoms. The molecule has 0 amide bonds. The molecule has 3 heterocycles. The molecule has 3 N–H and O–H groups in total. The highest BCUT2D eigenvalue weighted by Crippen LogP contribution is 2.33. The lowest BCUT2D eigenvalue weighted by atomic mass is 9.99. The molecule has 0 fully saturated rings. The zero-order valence-electron chi connectivity index (χ0n) is 11.7. The number of hydrogen-bond acceptors (Lipinski definition) is 6. The van der Waals surface area contributed by atoms with Crippen molar-refractivity contribution < 1.29 is 9.90 Å². The van der Waals surface area contributed by atoms with Gasteiger partial charge in [0.2, 0.25) is 5.95 Å². The molecule has 0 aliphatic carbocycles. The van der Waals surface area contributed by atoms with Gasteiger partial charge in [0.15, 0.2) is 5.82 Å². The van der Waals surface area contributed by atoms with Gasteiger partial charge in [-0.3, -0.25) is 4.79 Å². The molecule has 0 aromatic carbocycles. The molecule has 9 nitrogen and oxygen atoms in total. The van der Waals surface area contributed by atoms with E-state index in [0.717, 1.165) is 18.8 Å². The van der Waals surface area contributed by atoms with Gasteiger partial charge in [-0.25, -0.2) is 10.1 Å². The number of H-pyrrole nitrogens is 1. The summed E-state index contributed by atoms with van der Waals surface area (Å²) < 4.78 is 1.99. The number of tetrazole rings is 1. The van der Waals surface area contributed by atoms with Crippen LogP contribution in [0.4, 0.5) is 5.95 Å². The Hall–Kier alpha value is -2.45. The zero-order valence-corrected chi connectivity index (χ0v) is 11.7. The number of hydrogen-bond donors (Lipinski definition) is 3. The number of aliphatic carboxylic acids is 1. The van der Waals surface area contributed by atoms with E-state index < -0.39 is 5.97 Å². The topological polar surface area (TPSA) is 122 Å². The van der Waals surface area contributed by atoms with Crippen LogP contribution in [0.2, 0.25) is 0 Å². The summed E-state index contributed by atoms with van der Waals surface area (Å²) in [5.41, 5.74) is 0.652. The van der Waals surface area contributed by atoms with Gasteiger partial charge >= 0.3 is 5.97 Å². The molecule has 0 saturated heterocycles. The second-order valence-electron chi connectivity index (χ2n) is 5.18. The highest BCUT2D eigenvalue weighted by molar-refractivity contribution is 5.66. The standard InChI is InChI=1S/C12H17N7O2/c1-2-7-5-8(3-4-10(20)21)19-6-9(14-12(19)13-7)11-15-17-18-16-11/h6-8H,2-5H2,1H3,(H,13,14)(H,20,21)(H,15,16,17,18). The molecular formula is C12H17N7O2. The van der Waals surface area contributed by atoms with E-state index in [9.17, 15) is 4.79 Å². The Morgan fingerprint density at radius 3 is 3.10 bits per heavy atom. The third-order valence-corrected chi connectivity index (χ3v) is 3.79. The van der Waals surface area contributed by atoms with Crippen molar-refractivity contribution in [1.29, 1.82) is 0 Å². The van der Waals surface area contributed by atoms with E-state index in [-0.39, 0.29) is 12.5 Å². The molecule has 3 rings (SSSR count). The van der Waals surface area contributed by atoms with Crippen LogP contribution in [0.3, 0.4) is 0 Å². The van der Waals surface area contributed by atoms with Crippen molar-refractivity contribution >= 4 is 11.9 Å². The molecule has 2 atom stereocenters.